The maximum Gasteiger partial charge on any atom is 0.295 e. The fraction of sp³-hybridized carbons (Fsp3) is 0.360. The summed E-state index contributed by atoms with van der Waals surface area (Å²) in [7, 11) is 3.90. The lowest BCUT2D eigenvalue weighted by atomic mass is 9.95. The first-order chi connectivity index (χ1) is 15.3. The Labute approximate surface area is 194 Å². The van der Waals surface area contributed by atoms with Gasteiger partial charge in [0.15, 0.2) is 0 Å². The zero-order valence-electron chi connectivity index (χ0n) is 19.0. The number of aliphatic hydroxyl groups excluding tert-OH is 1. The number of halogens is 1. The third-order valence-corrected chi connectivity index (χ3v) is 6.19. The lowest BCUT2D eigenvalue weighted by molar-refractivity contribution is -0.140. The summed E-state index contributed by atoms with van der Waals surface area (Å²) in [5.74, 6) is -1.44. The maximum atomic E-state index is 13.1. The lowest BCUT2D eigenvalue weighted by Crippen LogP contribution is -2.38. The van der Waals surface area contributed by atoms with Gasteiger partial charge in [-0.15, -0.1) is 0 Å². The third kappa shape index (κ3) is 4.81. The highest BCUT2D eigenvalue weighted by Crippen LogP contribution is 2.39. The molecule has 0 saturated carbocycles. The molecule has 1 atom stereocenters. The molecule has 7 heteroatoms. The zero-order valence-corrected chi connectivity index (χ0v) is 19.8. The van der Waals surface area contributed by atoms with E-state index in [0.717, 1.165) is 24.3 Å². The summed E-state index contributed by atoms with van der Waals surface area (Å²) in [6, 6.07) is 13.6. The average molecular weight is 456 g/mol. The van der Waals surface area contributed by atoms with E-state index in [1.54, 1.807) is 29.2 Å². The van der Waals surface area contributed by atoms with Crippen LogP contribution in [0.4, 0.5) is 5.69 Å². The van der Waals surface area contributed by atoms with E-state index < -0.39 is 17.7 Å². The Morgan fingerprint density at radius 3 is 2.12 bits per heavy atom. The van der Waals surface area contributed by atoms with Gasteiger partial charge >= 0.3 is 0 Å². The molecule has 1 aliphatic heterocycles. The summed E-state index contributed by atoms with van der Waals surface area (Å²) in [5, 5.41) is 11.6. The molecule has 1 N–H and O–H groups in total. The topological polar surface area (TPSA) is 64.1 Å². The van der Waals surface area contributed by atoms with Gasteiger partial charge in [0.2, 0.25) is 0 Å². The minimum atomic E-state index is -0.668. The van der Waals surface area contributed by atoms with E-state index in [1.165, 1.54) is 0 Å². The molecule has 1 saturated heterocycles. The van der Waals surface area contributed by atoms with Crippen molar-refractivity contribution < 1.29 is 14.7 Å². The average Bonchev–Trinajstić information content (AvgIpc) is 3.04. The molecule has 2 aromatic carbocycles. The van der Waals surface area contributed by atoms with Crippen LogP contribution < -0.4 is 4.90 Å². The molecule has 0 bridgehead atoms. The number of rotatable bonds is 8. The molecular formula is C25H30ClN3O3. The fourth-order valence-corrected chi connectivity index (χ4v) is 4.09. The van der Waals surface area contributed by atoms with Gasteiger partial charge in [-0.3, -0.25) is 9.59 Å². The number of carbonyl (C=O) groups excluding carboxylic acids is 2. The molecule has 0 aromatic heterocycles. The predicted molar refractivity (Wildman–Crippen MR) is 129 cm³/mol. The Balaban J connectivity index is 2.09. The van der Waals surface area contributed by atoms with Crippen molar-refractivity contribution in [1.29, 1.82) is 0 Å². The van der Waals surface area contributed by atoms with Crippen LogP contribution in [0, 0.1) is 0 Å². The van der Waals surface area contributed by atoms with E-state index >= 15 is 0 Å². The first-order valence-corrected chi connectivity index (χ1v) is 11.2. The monoisotopic (exact) mass is 455 g/mol. The van der Waals surface area contributed by atoms with Gasteiger partial charge in [-0.05, 0) is 55.1 Å². The van der Waals surface area contributed by atoms with Crippen molar-refractivity contribution in [3.63, 3.8) is 0 Å². The van der Waals surface area contributed by atoms with Crippen LogP contribution in [-0.4, -0.2) is 66.9 Å². The molecule has 6 nitrogen and oxygen atoms in total. The molecule has 1 amide bonds. The zero-order chi connectivity index (χ0) is 23.4. The smallest absolute Gasteiger partial charge is 0.295 e. The quantitative estimate of drug-likeness (QED) is 0.367. The van der Waals surface area contributed by atoms with Gasteiger partial charge in [0.05, 0.1) is 11.6 Å². The number of hydrogen-bond acceptors (Lipinski definition) is 5. The van der Waals surface area contributed by atoms with Crippen molar-refractivity contribution in [3.05, 3.63) is 70.3 Å². The summed E-state index contributed by atoms with van der Waals surface area (Å²) >= 11 is 5.98. The van der Waals surface area contributed by atoms with Gasteiger partial charge in [-0.2, -0.15) is 0 Å². The summed E-state index contributed by atoms with van der Waals surface area (Å²) in [6.07, 6.45) is 0. The largest absolute Gasteiger partial charge is 0.507 e. The van der Waals surface area contributed by atoms with Crippen molar-refractivity contribution >= 4 is 34.7 Å². The number of ketones is 1. The van der Waals surface area contributed by atoms with Crippen molar-refractivity contribution in [2.75, 3.05) is 45.2 Å². The van der Waals surface area contributed by atoms with E-state index in [9.17, 15) is 14.7 Å². The Kier molecular flexibility index (Phi) is 7.59. The van der Waals surface area contributed by atoms with Gasteiger partial charge < -0.3 is 19.8 Å². The number of Topliss-reactive ketones (excluding diaryl/α,β-unsaturated/α-hetero) is 1. The predicted octanol–water partition coefficient (Wildman–Crippen LogP) is 4.17. The van der Waals surface area contributed by atoms with Crippen LogP contribution in [0.5, 0.6) is 0 Å². The van der Waals surface area contributed by atoms with Crippen LogP contribution in [0.25, 0.3) is 5.76 Å². The highest BCUT2D eigenvalue weighted by Gasteiger charge is 2.45. The molecule has 1 heterocycles. The molecule has 0 spiro atoms. The van der Waals surface area contributed by atoms with E-state index in [1.807, 2.05) is 43.3 Å². The minimum Gasteiger partial charge on any atom is -0.507 e. The Morgan fingerprint density at radius 2 is 1.59 bits per heavy atom. The SMILES string of the molecule is CCN(CC)CCN1C(=O)C(=O)C(=C(O)c2ccc(Cl)cc2)C1c1ccc(N(C)C)cc1. The van der Waals surface area contributed by atoms with Crippen LogP contribution in [0.3, 0.4) is 0 Å². The van der Waals surface area contributed by atoms with Gasteiger partial charge in [0.25, 0.3) is 11.7 Å². The molecule has 1 aliphatic rings. The van der Waals surface area contributed by atoms with Gasteiger partial charge in [-0.25, -0.2) is 0 Å². The number of anilines is 1. The van der Waals surface area contributed by atoms with Crippen LogP contribution >= 0.6 is 11.6 Å². The highest BCUT2D eigenvalue weighted by atomic mass is 35.5. The van der Waals surface area contributed by atoms with E-state index in [0.29, 0.717) is 23.7 Å². The number of aliphatic hydroxyl groups is 1. The highest BCUT2D eigenvalue weighted by molar-refractivity contribution is 6.46. The summed E-state index contributed by atoms with van der Waals surface area (Å²) in [4.78, 5) is 31.9. The van der Waals surface area contributed by atoms with Crippen LogP contribution in [-0.2, 0) is 9.59 Å². The first kappa shape index (κ1) is 23.8. The second-order valence-corrected chi connectivity index (χ2v) is 8.45. The molecule has 32 heavy (non-hydrogen) atoms. The van der Waals surface area contributed by atoms with Crippen molar-refractivity contribution in [2.45, 2.75) is 19.9 Å². The molecule has 1 unspecified atom stereocenters. The van der Waals surface area contributed by atoms with Crippen LogP contribution in [0.15, 0.2) is 54.1 Å². The minimum absolute atomic E-state index is 0.106. The Bertz CT molecular complexity index is 996. The second kappa shape index (κ2) is 10.2. The van der Waals surface area contributed by atoms with Crippen LogP contribution in [0.2, 0.25) is 5.02 Å². The summed E-state index contributed by atoms with van der Waals surface area (Å²) in [5.41, 5.74) is 2.34. The lowest BCUT2D eigenvalue weighted by Gasteiger charge is -2.28. The number of amides is 1. The van der Waals surface area contributed by atoms with Crippen LogP contribution in [0.1, 0.15) is 31.0 Å². The summed E-state index contributed by atoms with van der Waals surface area (Å²) in [6.45, 7) is 6.88. The number of nitrogens with zero attached hydrogens (tertiary/aromatic N) is 3. The number of carbonyl (C=O) groups is 2. The summed E-state index contributed by atoms with van der Waals surface area (Å²) < 4.78 is 0. The third-order valence-electron chi connectivity index (χ3n) is 5.93. The number of likely N-dealkylation sites (tertiary alicyclic amines) is 1. The second-order valence-electron chi connectivity index (χ2n) is 8.01. The molecule has 170 valence electrons. The Hall–Kier alpha value is -2.83. The molecule has 1 fully saturated rings. The van der Waals surface area contributed by atoms with Crippen molar-refractivity contribution in [1.82, 2.24) is 9.80 Å². The standard InChI is InChI=1S/C25H30ClN3O3/c1-5-28(6-2)15-16-29-22(17-9-13-20(14-10-17)27(3)4)21(24(31)25(29)32)23(30)18-7-11-19(26)12-8-18/h7-14,22,30H,5-6,15-16H2,1-4H3. The van der Waals surface area contributed by atoms with Crippen molar-refractivity contribution in [2.24, 2.45) is 0 Å². The van der Waals surface area contributed by atoms with E-state index in [2.05, 4.69) is 18.7 Å². The first-order valence-electron chi connectivity index (χ1n) is 10.8. The maximum absolute atomic E-state index is 13.1. The fourth-order valence-electron chi connectivity index (χ4n) is 3.96. The molecule has 0 radical (unpaired) electrons. The molecule has 2 aromatic rings. The molecular weight excluding hydrogens is 426 g/mol. The van der Waals surface area contributed by atoms with Gasteiger partial charge in [0.1, 0.15) is 5.76 Å². The number of likely N-dealkylation sites (N-methyl/N-ethyl adjacent to an activating group) is 1. The molecule has 0 aliphatic carbocycles. The van der Waals surface area contributed by atoms with Gasteiger partial charge in [0, 0.05) is 43.5 Å². The van der Waals surface area contributed by atoms with Gasteiger partial charge in [-0.1, -0.05) is 37.6 Å². The van der Waals surface area contributed by atoms with Crippen molar-refractivity contribution in [3.8, 4) is 0 Å². The Morgan fingerprint density at radius 1 is 1.00 bits per heavy atom. The number of benzene rings is 2. The molecule has 3 rings (SSSR count). The normalized spacial score (nSPS) is 17.9. The number of hydrogen-bond donors (Lipinski definition) is 1. The van der Waals surface area contributed by atoms with E-state index in [4.69, 9.17) is 11.6 Å². The van der Waals surface area contributed by atoms with E-state index in [-0.39, 0.29) is 11.3 Å².